The maximum Gasteiger partial charge on any atom is 0.220 e. The van der Waals surface area contributed by atoms with Crippen LogP contribution in [0.3, 0.4) is 0 Å². The lowest BCUT2D eigenvalue weighted by Gasteiger charge is -2.11. The number of allylic oxidation sites excluding steroid dienone is 4. The topological polar surface area (TPSA) is 122 Å². The van der Waals surface area contributed by atoms with Crippen molar-refractivity contribution < 1.29 is 9.59 Å². The highest BCUT2D eigenvalue weighted by molar-refractivity contribution is 5.97. The normalized spacial score (nSPS) is 13.0. The van der Waals surface area contributed by atoms with E-state index in [1.165, 1.54) is 0 Å². The minimum absolute atomic E-state index is 0.00552. The first kappa shape index (κ1) is 38.2. The summed E-state index contributed by atoms with van der Waals surface area (Å²) in [5.41, 5.74) is 15.2. The SMILES string of the molecule is C=Cc1c(C)c2cc3[nH]c(cc4nc(cc5nc(cc1[nH]2)C(C)=C5CCC(=O)NCCN(C)C)C(CCC(=O)NCCN(C)C)=C4C)c(C)c3C=C. The maximum atomic E-state index is 12.9. The minimum atomic E-state index is 0.00552. The highest BCUT2D eigenvalue weighted by Gasteiger charge is 2.23. The van der Waals surface area contributed by atoms with E-state index < -0.39 is 0 Å². The molecule has 3 aromatic heterocycles. The Balaban J connectivity index is 1.70. The largest absolute Gasteiger partial charge is 0.355 e. The van der Waals surface area contributed by atoms with Gasteiger partial charge in [0, 0.05) is 72.2 Å². The van der Waals surface area contributed by atoms with Crippen molar-refractivity contribution in [3.05, 3.63) is 82.5 Å². The molecule has 0 fully saturated rings. The van der Waals surface area contributed by atoms with E-state index in [9.17, 15) is 9.59 Å². The Bertz CT molecular complexity index is 2130. The first-order valence-corrected chi connectivity index (χ1v) is 18.0. The fourth-order valence-electron chi connectivity index (χ4n) is 6.79. The van der Waals surface area contributed by atoms with E-state index in [-0.39, 0.29) is 11.8 Å². The molecule has 0 aromatic carbocycles. The molecule has 4 N–H and O–H groups in total. The predicted octanol–water partition coefficient (Wildman–Crippen LogP) is 7.00. The molecule has 10 heteroatoms. The van der Waals surface area contributed by atoms with Gasteiger partial charge in [0.2, 0.25) is 11.8 Å². The lowest BCUT2D eigenvalue weighted by molar-refractivity contribution is -0.121. The Hall–Kier alpha value is -5.06. The number of aryl methyl sites for hydroxylation is 2. The third-order valence-electron chi connectivity index (χ3n) is 10.0. The number of carbonyl (C=O) groups excluding carboxylic acids is 2. The predicted molar refractivity (Wildman–Crippen MR) is 217 cm³/mol. The molecule has 0 saturated heterocycles. The fraction of sp³-hybridized carbons (Fsp3) is 0.381. The number of carbonyl (C=O) groups is 2. The summed E-state index contributed by atoms with van der Waals surface area (Å²) >= 11 is 0. The van der Waals surface area contributed by atoms with Gasteiger partial charge < -0.3 is 30.4 Å². The van der Waals surface area contributed by atoms with Crippen LogP contribution in [0.4, 0.5) is 0 Å². The monoisotopic (exact) mass is 702 g/mol. The number of rotatable bonds is 14. The summed E-state index contributed by atoms with van der Waals surface area (Å²) in [4.78, 5) is 47.6. The Morgan fingerprint density at radius 1 is 0.635 bits per heavy atom. The molecule has 0 aliphatic carbocycles. The first-order chi connectivity index (χ1) is 24.8. The van der Waals surface area contributed by atoms with Gasteiger partial charge in [0.1, 0.15) is 0 Å². The number of hydrogen-bond acceptors (Lipinski definition) is 6. The van der Waals surface area contributed by atoms with Crippen molar-refractivity contribution in [1.29, 1.82) is 0 Å². The molecule has 2 amide bonds. The number of likely N-dealkylation sites (N-methyl/N-ethyl adjacent to an activating group) is 2. The van der Waals surface area contributed by atoms with Crippen molar-refractivity contribution in [3.63, 3.8) is 0 Å². The Kier molecular flexibility index (Phi) is 12.1. The molecule has 0 saturated carbocycles. The molecule has 52 heavy (non-hydrogen) atoms. The third-order valence-corrected chi connectivity index (χ3v) is 10.0. The molecule has 274 valence electrons. The lowest BCUT2D eigenvalue weighted by Crippen LogP contribution is -2.31. The van der Waals surface area contributed by atoms with Crippen LogP contribution >= 0.6 is 0 Å². The second-order valence-corrected chi connectivity index (χ2v) is 14.2. The van der Waals surface area contributed by atoms with Crippen molar-refractivity contribution in [2.75, 3.05) is 54.4 Å². The third kappa shape index (κ3) is 8.52. The van der Waals surface area contributed by atoms with Crippen LogP contribution < -0.4 is 10.6 Å². The molecule has 5 heterocycles. The van der Waals surface area contributed by atoms with Gasteiger partial charge in [-0.05, 0) is 126 Å². The second-order valence-electron chi connectivity index (χ2n) is 14.2. The van der Waals surface area contributed by atoms with E-state index in [0.29, 0.717) is 38.8 Å². The highest BCUT2D eigenvalue weighted by Crippen LogP contribution is 2.38. The number of nitrogens with one attached hydrogen (secondary N) is 4. The van der Waals surface area contributed by atoms with E-state index in [1.807, 2.05) is 56.2 Å². The number of fused-ring (bicyclic) bond motifs is 8. The van der Waals surface area contributed by atoms with Gasteiger partial charge in [0.15, 0.2) is 0 Å². The smallest absolute Gasteiger partial charge is 0.220 e. The van der Waals surface area contributed by atoms with Crippen LogP contribution in [0, 0.1) is 13.8 Å². The quantitative estimate of drug-likeness (QED) is 0.144. The van der Waals surface area contributed by atoms with Gasteiger partial charge >= 0.3 is 0 Å². The average molecular weight is 703 g/mol. The number of H-pyrrole nitrogens is 2. The molecule has 0 spiro atoms. The number of hydrogen-bond donors (Lipinski definition) is 4. The molecule has 3 aromatic rings. The summed E-state index contributed by atoms with van der Waals surface area (Å²) in [6, 6.07) is 8.31. The molecule has 8 bridgehead atoms. The highest BCUT2D eigenvalue weighted by atomic mass is 16.2. The van der Waals surface area contributed by atoms with E-state index >= 15 is 0 Å². The molecule has 0 atom stereocenters. The van der Waals surface area contributed by atoms with Gasteiger partial charge in [0.25, 0.3) is 0 Å². The van der Waals surface area contributed by atoms with Crippen LogP contribution in [0.15, 0.2) is 37.4 Å². The van der Waals surface area contributed by atoms with Crippen LogP contribution in [-0.2, 0) is 9.59 Å². The van der Waals surface area contributed by atoms with Gasteiger partial charge in [0.05, 0.1) is 22.8 Å². The van der Waals surface area contributed by atoms with E-state index in [1.54, 1.807) is 0 Å². The number of amides is 2. The van der Waals surface area contributed by atoms with Crippen molar-refractivity contribution >= 4 is 68.3 Å². The molecule has 2 aliphatic heterocycles. The van der Waals surface area contributed by atoms with Gasteiger partial charge in [-0.25, -0.2) is 9.97 Å². The van der Waals surface area contributed by atoms with Gasteiger partial charge in [-0.2, -0.15) is 0 Å². The van der Waals surface area contributed by atoms with Crippen LogP contribution in [0.2, 0.25) is 0 Å². The zero-order valence-electron chi connectivity index (χ0n) is 32.1. The number of aromatic nitrogens is 4. The summed E-state index contributed by atoms with van der Waals surface area (Å²) in [7, 11) is 7.96. The Morgan fingerprint density at radius 3 is 1.46 bits per heavy atom. The maximum absolute atomic E-state index is 12.9. The van der Waals surface area contributed by atoms with Gasteiger partial charge in [-0.3, -0.25) is 9.59 Å². The summed E-state index contributed by atoms with van der Waals surface area (Å²) in [6.07, 6.45) is 5.50. The number of aromatic amines is 2. The summed E-state index contributed by atoms with van der Waals surface area (Å²) in [6.45, 7) is 19.3. The molecule has 5 rings (SSSR count). The van der Waals surface area contributed by atoms with Crippen LogP contribution in [0.25, 0.3) is 56.5 Å². The van der Waals surface area contributed by atoms with Crippen molar-refractivity contribution in [3.8, 4) is 0 Å². The standard InChI is InChI=1S/C42H54N8O2/c1-11-29-25(3)33-21-34-27(5)31(13-15-41(51)43-17-19-49(7)8)39(47-34)24-40-32(14-16-42(52)44-18-20-50(9)10)28(6)36(48-40)23-38-30(12-2)26(4)35(46-38)22-37(29)45-33/h11-12,21-24,45-46H,1-2,13-20H2,3-10H3,(H,43,51)(H,44,52). The first-order valence-electron chi connectivity index (χ1n) is 18.0. The molecule has 10 nitrogen and oxygen atoms in total. The van der Waals surface area contributed by atoms with Gasteiger partial charge in [-0.1, -0.05) is 25.3 Å². The molecule has 0 unspecified atom stereocenters. The molecule has 2 aliphatic rings. The lowest BCUT2D eigenvalue weighted by atomic mass is 9.98. The molecular formula is C42H54N8O2. The molecular weight excluding hydrogens is 649 g/mol. The van der Waals surface area contributed by atoms with Crippen molar-refractivity contribution in [2.45, 2.75) is 53.4 Å². The summed E-state index contributed by atoms with van der Waals surface area (Å²) < 4.78 is 0. The van der Waals surface area contributed by atoms with Crippen molar-refractivity contribution in [2.24, 2.45) is 0 Å². The zero-order chi connectivity index (χ0) is 37.7. The second kappa shape index (κ2) is 16.5. The Labute approximate surface area is 307 Å². The average Bonchev–Trinajstić information content (AvgIpc) is 3.75. The van der Waals surface area contributed by atoms with E-state index in [2.05, 4.69) is 79.7 Å². The number of nitrogens with zero attached hydrogens (tertiary/aromatic N) is 4. The molecule has 0 radical (unpaired) electrons. The van der Waals surface area contributed by atoms with Gasteiger partial charge in [-0.15, -0.1) is 0 Å². The van der Waals surface area contributed by atoms with E-state index in [0.717, 1.165) is 102 Å². The minimum Gasteiger partial charge on any atom is -0.355 e. The van der Waals surface area contributed by atoms with Crippen LogP contribution in [0.5, 0.6) is 0 Å². The Morgan fingerprint density at radius 2 is 1.04 bits per heavy atom. The summed E-state index contributed by atoms with van der Waals surface area (Å²) in [5, 5.41) is 6.09. The van der Waals surface area contributed by atoms with Crippen LogP contribution in [-0.4, -0.2) is 95.9 Å². The van der Waals surface area contributed by atoms with Crippen LogP contribution in [0.1, 0.15) is 84.6 Å². The van der Waals surface area contributed by atoms with E-state index in [4.69, 9.17) is 9.97 Å². The summed E-state index contributed by atoms with van der Waals surface area (Å²) in [5.74, 6) is 0.0119. The zero-order valence-corrected chi connectivity index (χ0v) is 32.1. The fourth-order valence-corrected chi connectivity index (χ4v) is 6.79. The van der Waals surface area contributed by atoms with Crippen molar-refractivity contribution in [1.82, 2.24) is 40.4 Å².